The number of unbranched alkanes of at least 4 members (excludes halogenated alkanes) is 2. The van der Waals surface area contributed by atoms with E-state index in [1.807, 2.05) is 30.2 Å². The Hall–Kier alpha value is -5.81. The normalized spacial score (nSPS) is 13.8. The van der Waals surface area contributed by atoms with Crippen LogP contribution in [0.25, 0.3) is 11.1 Å². The lowest BCUT2D eigenvalue weighted by molar-refractivity contribution is -0.136. The number of carbonyl (C=O) groups is 7. The second kappa shape index (κ2) is 25.5. The molecule has 2 aromatic carbocycles. The fourth-order valence-electron chi connectivity index (χ4n) is 5.62. The summed E-state index contributed by atoms with van der Waals surface area (Å²) in [5.74, 6) is -5.29. The van der Waals surface area contributed by atoms with Crippen molar-refractivity contribution >= 4 is 48.5 Å². The molecule has 13 N–H and O–H groups in total. The van der Waals surface area contributed by atoms with Crippen molar-refractivity contribution in [3.05, 3.63) is 59.7 Å². The van der Waals surface area contributed by atoms with E-state index in [-0.39, 0.29) is 19.4 Å². The second-order valence-electron chi connectivity index (χ2n) is 14.1. The van der Waals surface area contributed by atoms with E-state index in [0.29, 0.717) is 24.9 Å². The Morgan fingerprint density at radius 3 is 1.93 bits per heavy atom. The van der Waals surface area contributed by atoms with Crippen LogP contribution in [-0.4, -0.2) is 113 Å². The van der Waals surface area contributed by atoms with Crippen LogP contribution >= 0.6 is 0 Å². The molecule has 320 valence electrons. The highest BCUT2D eigenvalue weighted by molar-refractivity contribution is 6.43. The van der Waals surface area contributed by atoms with Gasteiger partial charge in [-0.2, -0.15) is 0 Å². The topological polar surface area (TPSA) is 304 Å². The van der Waals surface area contributed by atoms with E-state index in [9.17, 15) is 48.7 Å². The first-order chi connectivity index (χ1) is 28.0. The van der Waals surface area contributed by atoms with E-state index in [4.69, 9.17) is 17.9 Å². The summed E-state index contributed by atoms with van der Waals surface area (Å²) in [6, 6.07) is 9.06. The third-order valence-electron chi connectivity index (χ3n) is 9.12. The average Bonchev–Trinajstić information content (AvgIpc) is 3.20. The molecule has 2 rings (SSSR count). The molecule has 2 aromatic rings. The summed E-state index contributed by atoms with van der Waals surface area (Å²) in [7, 11) is -1.96. The van der Waals surface area contributed by atoms with Crippen LogP contribution in [0.15, 0.2) is 48.5 Å². The van der Waals surface area contributed by atoms with Crippen molar-refractivity contribution in [2.75, 3.05) is 13.1 Å². The number of aliphatic hydroxyl groups is 1. The average molecular weight is 821 g/mol. The zero-order valence-electron chi connectivity index (χ0n) is 33.7. The van der Waals surface area contributed by atoms with Gasteiger partial charge in [0.25, 0.3) is 11.8 Å². The Bertz CT molecular complexity index is 1770. The van der Waals surface area contributed by atoms with E-state index in [1.54, 1.807) is 12.1 Å². The quantitative estimate of drug-likeness (QED) is 0.0305. The first-order valence-corrected chi connectivity index (χ1v) is 19.5. The highest BCUT2D eigenvalue weighted by atomic mass is 16.4. The van der Waals surface area contributed by atoms with Gasteiger partial charge in [0.2, 0.25) is 29.5 Å². The first kappa shape index (κ1) is 49.3. The maximum absolute atomic E-state index is 13.4. The summed E-state index contributed by atoms with van der Waals surface area (Å²) in [5, 5.41) is 43.1. The zero-order valence-corrected chi connectivity index (χ0v) is 33.7. The van der Waals surface area contributed by atoms with Crippen molar-refractivity contribution in [1.82, 2.24) is 31.9 Å². The van der Waals surface area contributed by atoms with Crippen LogP contribution in [0.3, 0.4) is 0 Å². The number of benzene rings is 2. The monoisotopic (exact) mass is 820 g/mol. The molecule has 0 aliphatic heterocycles. The summed E-state index contributed by atoms with van der Waals surface area (Å²) in [6.07, 6.45) is 7.30. The van der Waals surface area contributed by atoms with Crippen molar-refractivity contribution in [3.8, 4) is 23.5 Å². The van der Waals surface area contributed by atoms with Gasteiger partial charge in [0.05, 0.1) is 18.5 Å². The van der Waals surface area contributed by atoms with Crippen LogP contribution < -0.4 is 43.4 Å². The molecule has 0 aliphatic carbocycles. The van der Waals surface area contributed by atoms with Crippen molar-refractivity contribution in [2.45, 2.75) is 108 Å². The van der Waals surface area contributed by atoms with E-state index in [2.05, 4.69) is 51.0 Å². The number of nitrogens with one attached hydrogen (secondary N) is 6. The van der Waals surface area contributed by atoms with E-state index in [0.717, 1.165) is 30.4 Å². The van der Waals surface area contributed by atoms with Gasteiger partial charge in [-0.05, 0) is 81.3 Å². The summed E-state index contributed by atoms with van der Waals surface area (Å²) >= 11 is 0. The molecule has 0 saturated carbocycles. The molecule has 0 spiro atoms. The SMILES string of the molecule is C#C[C@H](NC(=O)[C@@H](NC(=O)[C@H](CCCCN)NC(=O)CCNC(=O)c1ccc(-c2ccc(CCCC)cc2)cc1)[C@@H](C)O)C(=O)N[C@@H](CC(N)=O)C(=O)N[C@@H](C)B(O)O. The van der Waals surface area contributed by atoms with Gasteiger partial charge < -0.3 is 58.5 Å². The summed E-state index contributed by atoms with van der Waals surface area (Å²) in [4.78, 5) is 89.7. The minimum Gasteiger partial charge on any atom is -0.426 e. The number of terminal acetylenes is 1. The third-order valence-corrected chi connectivity index (χ3v) is 9.12. The minimum absolute atomic E-state index is 0.0542. The Balaban J connectivity index is 2.03. The molecule has 7 amide bonds. The molecule has 0 heterocycles. The van der Waals surface area contributed by atoms with Gasteiger partial charge in [-0.1, -0.05) is 55.7 Å². The number of aliphatic hydroxyl groups excluding tert-OH is 1. The van der Waals surface area contributed by atoms with Crippen LogP contribution in [0.1, 0.15) is 81.6 Å². The van der Waals surface area contributed by atoms with Crippen molar-refractivity contribution < 1.29 is 48.7 Å². The smallest absolute Gasteiger partial charge is 0.426 e. The number of nitrogens with two attached hydrogens (primary N) is 2. The number of hydrogen-bond donors (Lipinski definition) is 11. The molecule has 18 nitrogen and oxygen atoms in total. The summed E-state index contributed by atoms with van der Waals surface area (Å²) < 4.78 is 0. The molecular formula is C40H57BN8O10. The number of aryl methyl sites for hydroxylation is 1. The number of primary amides is 1. The fourth-order valence-corrected chi connectivity index (χ4v) is 5.62. The Labute approximate surface area is 344 Å². The zero-order chi connectivity index (χ0) is 44.1. The number of carbonyl (C=O) groups excluding carboxylic acids is 7. The van der Waals surface area contributed by atoms with Gasteiger partial charge >= 0.3 is 7.12 Å². The second-order valence-corrected chi connectivity index (χ2v) is 14.1. The Morgan fingerprint density at radius 2 is 1.39 bits per heavy atom. The number of hydrogen-bond acceptors (Lipinski definition) is 11. The Morgan fingerprint density at radius 1 is 0.780 bits per heavy atom. The van der Waals surface area contributed by atoms with Crippen LogP contribution in [-0.2, 0) is 35.2 Å². The molecule has 0 aromatic heterocycles. The maximum Gasteiger partial charge on any atom is 0.475 e. The predicted octanol–water partition coefficient (Wildman–Crippen LogP) is -1.71. The predicted molar refractivity (Wildman–Crippen MR) is 220 cm³/mol. The van der Waals surface area contributed by atoms with Crippen LogP contribution in [0.4, 0.5) is 0 Å². The molecule has 0 radical (unpaired) electrons. The Kier molecular flexibility index (Phi) is 21.4. The van der Waals surface area contributed by atoms with Gasteiger partial charge in [-0.25, -0.2) is 0 Å². The molecule has 19 heteroatoms. The van der Waals surface area contributed by atoms with Crippen molar-refractivity contribution in [1.29, 1.82) is 0 Å². The molecule has 0 bridgehead atoms. The van der Waals surface area contributed by atoms with Gasteiger partial charge in [-0.15, -0.1) is 6.42 Å². The molecule has 0 fully saturated rings. The standard InChI is InChI=1S/C40H57BN8O10/c1-5-7-10-26-12-14-27(15-13-26)28-16-18-29(19-17-28)36(53)44-22-20-34(52)46-31(11-8-9-21-42)38(55)49-35(24(3)50)40(57)47-30(6-2)37(54)48-32(23-33(43)51)39(56)45-25(4)41(58)59/h2,12-19,24-25,30-32,35,50,58-59H,5,7-11,20-23,42H2,1,3-4H3,(H2,43,51)(H,44,53)(H,45,56)(H,46,52)(H,47,57)(H,48,54)(H,49,55)/t24-,25+,30+,31+,32+,35+/m1/s1. The van der Waals surface area contributed by atoms with Crippen LogP contribution in [0.5, 0.6) is 0 Å². The fraction of sp³-hybridized carbons (Fsp3) is 0.475. The third kappa shape index (κ3) is 17.3. The molecule has 59 heavy (non-hydrogen) atoms. The molecule has 0 aliphatic rings. The molecule has 0 unspecified atom stereocenters. The summed E-state index contributed by atoms with van der Waals surface area (Å²) in [5.41, 5.74) is 14.4. The summed E-state index contributed by atoms with van der Waals surface area (Å²) in [6.45, 7) is 4.83. The van der Waals surface area contributed by atoms with E-state index < -0.39 is 91.1 Å². The van der Waals surface area contributed by atoms with E-state index in [1.165, 1.54) is 19.4 Å². The molecule has 0 saturated heterocycles. The van der Waals surface area contributed by atoms with E-state index >= 15 is 0 Å². The van der Waals surface area contributed by atoms with Gasteiger partial charge in [0.15, 0.2) is 6.04 Å². The molecule has 6 atom stereocenters. The van der Waals surface area contributed by atoms with Crippen molar-refractivity contribution in [3.63, 3.8) is 0 Å². The van der Waals surface area contributed by atoms with Gasteiger partial charge in [-0.3, -0.25) is 33.6 Å². The van der Waals surface area contributed by atoms with Crippen LogP contribution in [0, 0.1) is 12.3 Å². The van der Waals surface area contributed by atoms with Crippen molar-refractivity contribution in [2.24, 2.45) is 11.5 Å². The van der Waals surface area contributed by atoms with Gasteiger partial charge in [0.1, 0.15) is 18.1 Å². The maximum atomic E-state index is 13.4. The van der Waals surface area contributed by atoms with Gasteiger partial charge in [0, 0.05) is 18.5 Å². The lowest BCUT2D eigenvalue weighted by Gasteiger charge is -2.26. The lowest BCUT2D eigenvalue weighted by atomic mass is 9.81. The minimum atomic E-state index is -1.96. The van der Waals surface area contributed by atoms with Crippen LogP contribution in [0.2, 0.25) is 0 Å². The number of amides is 7. The highest BCUT2D eigenvalue weighted by Crippen LogP contribution is 2.21. The number of rotatable bonds is 25. The lowest BCUT2D eigenvalue weighted by Crippen LogP contribution is -2.61. The molecular weight excluding hydrogens is 763 g/mol. The highest BCUT2D eigenvalue weighted by Gasteiger charge is 2.34. The first-order valence-electron chi connectivity index (χ1n) is 19.5. The largest absolute Gasteiger partial charge is 0.475 e.